The number of hydrogen-bond acceptors (Lipinski definition) is 2. The van der Waals surface area contributed by atoms with Crippen LogP contribution in [-0.2, 0) is 0 Å². The molecule has 0 N–H and O–H groups in total. The van der Waals surface area contributed by atoms with E-state index in [-0.39, 0.29) is 0 Å². The summed E-state index contributed by atoms with van der Waals surface area (Å²) in [5.41, 5.74) is 12.5. The quantitative estimate of drug-likeness (QED) is 0.206. The molecule has 3 heteroatoms. The lowest BCUT2D eigenvalue weighted by Crippen LogP contribution is -2.03. The molecule has 0 amide bonds. The van der Waals surface area contributed by atoms with Crippen molar-refractivity contribution >= 4 is 21.8 Å². The number of fused-ring (bicyclic) bond motifs is 5. The molecule has 0 bridgehead atoms. The minimum Gasteiger partial charge on any atom is -0.453 e. The Hall–Kier alpha value is -6.37. The van der Waals surface area contributed by atoms with Crippen LogP contribution in [0, 0.1) is 11.3 Å². The monoisotopic (exact) mass is 586 g/mol. The first-order valence-corrected chi connectivity index (χ1v) is 15.4. The highest BCUT2D eigenvalue weighted by Crippen LogP contribution is 2.47. The molecule has 0 atom stereocenters. The van der Waals surface area contributed by atoms with E-state index in [2.05, 4.69) is 132 Å². The average molecular weight is 587 g/mol. The van der Waals surface area contributed by atoms with Gasteiger partial charge in [-0.1, -0.05) is 109 Å². The number of hydrogen-bond donors (Lipinski definition) is 0. The number of para-hydroxylation sites is 3. The largest absolute Gasteiger partial charge is 0.453 e. The summed E-state index contributed by atoms with van der Waals surface area (Å²) in [7, 11) is 0. The van der Waals surface area contributed by atoms with Crippen LogP contribution in [0.2, 0.25) is 0 Å². The molecule has 1 aliphatic rings. The van der Waals surface area contributed by atoms with Gasteiger partial charge in [0, 0.05) is 10.8 Å². The highest BCUT2D eigenvalue weighted by atomic mass is 16.5. The van der Waals surface area contributed by atoms with Crippen LogP contribution in [0.1, 0.15) is 5.56 Å². The van der Waals surface area contributed by atoms with Crippen LogP contribution in [0.15, 0.2) is 158 Å². The predicted molar refractivity (Wildman–Crippen MR) is 187 cm³/mol. The Morgan fingerprint density at radius 3 is 1.93 bits per heavy atom. The molecule has 0 saturated carbocycles. The molecule has 2 heterocycles. The normalized spacial score (nSPS) is 11.6. The molecule has 46 heavy (non-hydrogen) atoms. The van der Waals surface area contributed by atoms with Crippen LogP contribution in [0.3, 0.4) is 0 Å². The number of aromatic nitrogens is 1. The second-order valence-corrected chi connectivity index (χ2v) is 11.7. The van der Waals surface area contributed by atoms with E-state index in [9.17, 15) is 5.26 Å². The molecule has 214 valence electrons. The van der Waals surface area contributed by atoms with Crippen LogP contribution in [-0.4, -0.2) is 4.57 Å². The van der Waals surface area contributed by atoms with Crippen molar-refractivity contribution in [2.45, 2.75) is 0 Å². The Labute approximate surface area is 266 Å². The maximum absolute atomic E-state index is 10.1. The lowest BCUT2D eigenvalue weighted by Gasteiger charge is -2.21. The lowest BCUT2D eigenvalue weighted by molar-refractivity contribution is 0.476. The van der Waals surface area contributed by atoms with E-state index < -0.39 is 0 Å². The first-order valence-electron chi connectivity index (χ1n) is 15.4. The molecule has 0 radical (unpaired) electrons. The zero-order valence-corrected chi connectivity index (χ0v) is 24.8. The predicted octanol–water partition coefficient (Wildman–Crippen LogP) is 11.4. The molecule has 0 saturated heterocycles. The molecule has 0 spiro atoms. The van der Waals surface area contributed by atoms with E-state index in [0.29, 0.717) is 5.56 Å². The Kier molecular flexibility index (Phi) is 5.88. The van der Waals surface area contributed by atoms with E-state index in [1.165, 1.54) is 16.3 Å². The summed E-state index contributed by atoms with van der Waals surface area (Å²) >= 11 is 0. The molecule has 7 aromatic carbocycles. The molecule has 3 nitrogen and oxygen atoms in total. The van der Waals surface area contributed by atoms with Crippen molar-refractivity contribution in [3.63, 3.8) is 0 Å². The maximum atomic E-state index is 10.1. The zero-order chi connectivity index (χ0) is 30.6. The van der Waals surface area contributed by atoms with Gasteiger partial charge in [-0.3, -0.25) is 0 Å². The first kappa shape index (κ1) is 26.1. The summed E-state index contributed by atoms with van der Waals surface area (Å²) in [4.78, 5) is 0. The van der Waals surface area contributed by atoms with E-state index in [0.717, 1.165) is 67.2 Å². The molecular formula is C43H26N2O. The van der Waals surface area contributed by atoms with Crippen molar-refractivity contribution in [2.24, 2.45) is 0 Å². The van der Waals surface area contributed by atoms with Gasteiger partial charge in [-0.15, -0.1) is 0 Å². The van der Waals surface area contributed by atoms with Gasteiger partial charge in [0.2, 0.25) is 0 Å². The summed E-state index contributed by atoms with van der Waals surface area (Å²) in [6, 6.07) is 57.1. The van der Waals surface area contributed by atoms with Crippen molar-refractivity contribution in [1.29, 1.82) is 5.26 Å². The summed E-state index contributed by atoms with van der Waals surface area (Å²) in [5, 5.41) is 12.5. The van der Waals surface area contributed by atoms with Crippen LogP contribution < -0.4 is 4.74 Å². The number of nitrogens with zero attached hydrogens (tertiary/aromatic N) is 2. The molecule has 0 aliphatic carbocycles. The first-order chi connectivity index (χ1) is 22.7. The average Bonchev–Trinajstić information content (AvgIpc) is 3.47. The molecule has 1 aromatic heterocycles. The summed E-state index contributed by atoms with van der Waals surface area (Å²) in [6.45, 7) is 0. The lowest BCUT2D eigenvalue weighted by atomic mass is 9.92. The van der Waals surface area contributed by atoms with Crippen LogP contribution >= 0.6 is 0 Å². The van der Waals surface area contributed by atoms with Gasteiger partial charge >= 0.3 is 0 Å². The van der Waals surface area contributed by atoms with E-state index in [4.69, 9.17) is 4.74 Å². The fourth-order valence-corrected chi connectivity index (χ4v) is 6.85. The zero-order valence-electron chi connectivity index (χ0n) is 24.8. The maximum Gasteiger partial charge on any atom is 0.152 e. The Balaban J connectivity index is 1.14. The van der Waals surface area contributed by atoms with Gasteiger partial charge in [0.05, 0.1) is 28.4 Å². The smallest absolute Gasteiger partial charge is 0.152 e. The topological polar surface area (TPSA) is 38.0 Å². The standard InChI is InChI=1S/C43H26N2O/c44-27-35-24-32(28-10-2-1-3-11-28)20-21-36(35)33-15-9-13-30(23-33)29-12-8-14-31(22-29)34-25-38-37-16-4-5-17-39(37)45-40-18-6-7-19-41(40)46-42(26-34)43(38)45/h1-26H. The SMILES string of the molecule is N#Cc1cc(-c2ccccc2)ccc1-c1cccc(-c2cccc(-c3cc4c5c(c3)c3ccccc3n5-c3ccccc3O4)c2)c1. The van der Waals surface area contributed by atoms with Gasteiger partial charge in [0.1, 0.15) is 0 Å². The van der Waals surface area contributed by atoms with E-state index in [1.807, 2.05) is 36.4 Å². The van der Waals surface area contributed by atoms with E-state index in [1.54, 1.807) is 0 Å². The molecular weight excluding hydrogens is 560 g/mol. The van der Waals surface area contributed by atoms with Crippen LogP contribution in [0.4, 0.5) is 0 Å². The number of ether oxygens (including phenoxy) is 1. The fourth-order valence-electron chi connectivity index (χ4n) is 6.85. The molecule has 0 fully saturated rings. The van der Waals surface area contributed by atoms with Gasteiger partial charge in [0.25, 0.3) is 0 Å². The second kappa shape index (κ2) is 10.4. The minimum atomic E-state index is 0.662. The van der Waals surface area contributed by atoms with Crippen molar-refractivity contribution in [3.8, 4) is 67.8 Å². The van der Waals surface area contributed by atoms with Gasteiger partial charge in [-0.05, 0) is 93.0 Å². The van der Waals surface area contributed by atoms with Gasteiger partial charge in [0.15, 0.2) is 11.5 Å². The Morgan fingerprint density at radius 1 is 0.457 bits per heavy atom. The summed E-state index contributed by atoms with van der Waals surface area (Å²) in [6.07, 6.45) is 0. The van der Waals surface area contributed by atoms with Gasteiger partial charge in [-0.2, -0.15) is 5.26 Å². The minimum absolute atomic E-state index is 0.662. The third kappa shape index (κ3) is 4.13. The molecule has 1 aliphatic heterocycles. The second-order valence-electron chi connectivity index (χ2n) is 11.7. The highest BCUT2D eigenvalue weighted by molar-refractivity contribution is 6.13. The van der Waals surface area contributed by atoms with E-state index >= 15 is 0 Å². The highest BCUT2D eigenvalue weighted by Gasteiger charge is 2.24. The van der Waals surface area contributed by atoms with Gasteiger partial charge < -0.3 is 9.30 Å². The summed E-state index contributed by atoms with van der Waals surface area (Å²) < 4.78 is 8.86. The van der Waals surface area contributed by atoms with Crippen molar-refractivity contribution < 1.29 is 4.74 Å². The number of nitriles is 1. The summed E-state index contributed by atoms with van der Waals surface area (Å²) in [5.74, 6) is 1.71. The van der Waals surface area contributed by atoms with Crippen molar-refractivity contribution in [3.05, 3.63) is 163 Å². The van der Waals surface area contributed by atoms with Crippen LogP contribution in [0.5, 0.6) is 11.5 Å². The van der Waals surface area contributed by atoms with Crippen molar-refractivity contribution in [2.75, 3.05) is 0 Å². The Morgan fingerprint density at radius 2 is 1.11 bits per heavy atom. The Bertz CT molecular complexity index is 2520. The van der Waals surface area contributed by atoms with Crippen molar-refractivity contribution in [1.82, 2.24) is 4.57 Å². The molecule has 0 unspecified atom stereocenters. The van der Waals surface area contributed by atoms with Crippen LogP contribution in [0.25, 0.3) is 72.0 Å². The molecule has 8 aromatic rings. The number of benzene rings is 7. The van der Waals surface area contributed by atoms with Gasteiger partial charge in [-0.25, -0.2) is 0 Å². The fraction of sp³-hybridized carbons (Fsp3) is 0. The third-order valence-corrected chi connectivity index (χ3v) is 9.01. The number of rotatable bonds is 4. The third-order valence-electron chi connectivity index (χ3n) is 9.01. The molecule has 9 rings (SSSR count).